The Morgan fingerprint density at radius 1 is 0.580 bits per heavy atom. The van der Waals surface area contributed by atoms with E-state index in [0.717, 1.165) is 5.56 Å². The number of hydrogen-bond acceptors (Lipinski definition) is 16. The van der Waals surface area contributed by atoms with Crippen LogP contribution < -0.4 is 0 Å². The fraction of sp³-hybridized carbons (Fsp3) is 0.545. The van der Waals surface area contributed by atoms with Crippen LogP contribution in [0.15, 0.2) is 60.7 Å². The molecule has 18 nitrogen and oxygen atoms in total. The summed E-state index contributed by atoms with van der Waals surface area (Å²) < 4.78 is 128. The van der Waals surface area contributed by atoms with E-state index in [0.29, 0.717) is 37.7 Å². The largest absolute Gasteiger partial charge is 0.470 e. The second-order valence-corrected chi connectivity index (χ2v) is 22.0. The van der Waals surface area contributed by atoms with Gasteiger partial charge in [0.05, 0.1) is 11.8 Å². The van der Waals surface area contributed by atoms with Gasteiger partial charge in [-0.05, 0) is 87.2 Å². The molecule has 6 unspecified atom stereocenters. The van der Waals surface area contributed by atoms with Crippen LogP contribution in [0.3, 0.4) is 0 Å². The molecule has 2 heterocycles. The highest BCUT2D eigenvalue weighted by Gasteiger charge is 2.65. The minimum atomic E-state index is -6.37. The Morgan fingerprint density at radius 2 is 0.957 bits per heavy atom. The van der Waals surface area contributed by atoms with Gasteiger partial charge in [-0.25, -0.2) is 9.59 Å². The first kappa shape index (κ1) is 49.9. The van der Waals surface area contributed by atoms with E-state index >= 15 is 0 Å². The molecule has 10 aliphatic rings. The van der Waals surface area contributed by atoms with Crippen LogP contribution in [-0.4, -0.2) is 101 Å². The van der Waals surface area contributed by atoms with Gasteiger partial charge in [-0.3, -0.25) is 34.0 Å². The maximum Gasteiger partial charge on any atom is 0.470 e. The second-order valence-electron chi connectivity index (χ2n) is 19.0. The van der Waals surface area contributed by atoms with Crippen molar-refractivity contribution in [3.8, 4) is 0 Å². The van der Waals surface area contributed by atoms with E-state index in [1.165, 1.54) is 12.1 Å². The zero-order chi connectivity index (χ0) is 50.2. The number of rotatable bonds is 10. The number of ether oxygens (including phenoxy) is 2. The number of hydrogen-bond donors (Lipinski definition) is 1. The zero-order valence-electron chi connectivity index (χ0n) is 36.0. The van der Waals surface area contributed by atoms with Gasteiger partial charge >= 0.3 is 42.8 Å². The van der Waals surface area contributed by atoms with Crippen LogP contribution in [-0.2, 0) is 72.5 Å². The fourth-order valence-corrected chi connectivity index (χ4v) is 12.6. The van der Waals surface area contributed by atoms with E-state index in [1.807, 2.05) is 6.07 Å². The molecule has 25 heteroatoms. The van der Waals surface area contributed by atoms with Gasteiger partial charge in [-0.15, -0.1) is 9.35 Å². The first-order valence-electron chi connectivity index (χ1n) is 21.9. The summed E-state index contributed by atoms with van der Waals surface area (Å²) in [5.74, 6) is -10.9. The number of amides is 4. The molecule has 8 aliphatic carbocycles. The minimum Gasteiger partial charge on any atom is -0.454 e. The van der Waals surface area contributed by atoms with E-state index in [9.17, 15) is 76.6 Å². The monoisotopic (exact) mass is 1010 g/mol. The van der Waals surface area contributed by atoms with E-state index in [1.54, 1.807) is 42.5 Å². The van der Waals surface area contributed by atoms with Gasteiger partial charge in [0.1, 0.15) is 22.8 Å². The van der Waals surface area contributed by atoms with E-state index in [4.69, 9.17) is 14.7 Å². The van der Waals surface area contributed by atoms with Crippen LogP contribution >= 0.6 is 0 Å². The number of alkyl halides is 4. The molecule has 12 rings (SSSR count). The van der Waals surface area contributed by atoms with Crippen molar-refractivity contribution < 1.29 is 95.6 Å². The van der Waals surface area contributed by atoms with Crippen LogP contribution in [0.25, 0.3) is 0 Å². The summed E-state index contributed by atoms with van der Waals surface area (Å²) in [5, 5.41) is -1.38. The molecular weight excluding hydrogens is 972 g/mol. The molecule has 0 aromatic heterocycles. The number of ketones is 2. The van der Waals surface area contributed by atoms with Crippen LogP contribution in [0, 0.1) is 35.5 Å². The molecule has 372 valence electrons. The predicted molar refractivity (Wildman–Crippen MR) is 218 cm³/mol. The van der Waals surface area contributed by atoms with Crippen molar-refractivity contribution in [2.24, 2.45) is 35.5 Å². The summed E-state index contributed by atoms with van der Waals surface area (Å²) in [6, 6.07) is 16.9. The minimum absolute atomic E-state index is 0.0318. The third-order valence-electron chi connectivity index (χ3n) is 14.4. The number of nitrogens with zero attached hydrogens (tertiary/aromatic N) is 2. The molecule has 8 saturated carbocycles. The molecule has 69 heavy (non-hydrogen) atoms. The number of Topliss-reactive ketones (excluding diaryl/α,β-unsaturated/α-hetero) is 2. The molecule has 1 N–H and O–H groups in total. The number of hydroxylamine groups is 4. The number of carbonyl (C=O) groups excluding carboxylic acids is 8. The van der Waals surface area contributed by atoms with Crippen molar-refractivity contribution in [1.82, 2.24) is 10.1 Å². The molecule has 0 spiro atoms. The van der Waals surface area contributed by atoms with Crippen molar-refractivity contribution in [1.29, 1.82) is 0 Å². The Balaban J connectivity index is 0.000000155. The average Bonchev–Trinajstić information content (AvgIpc) is 3.71. The molecule has 8 bridgehead atoms. The Morgan fingerprint density at radius 3 is 1.33 bits per heavy atom. The molecule has 2 aromatic carbocycles. The average molecular weight is 1010 g/mol. The summed E-state index contributed by atoms with van der Waals surface area (Å²) in [6.07, 6.45) is 3.06. The summed E-state index contributed by atoms with van der Waals surface area (Å²) in [6.45, 7) is 0. The quantitative estimate of drug-likeness (QED) is 0.112. The lowest BCUT2D eigenvalue weighted by molar-refractivity contribution is -0.203. The van der Waals surface area contributed by atoms with E-state index < -0.39 is 108 Å². The summed E-state index contributed by atoms with van der Waals surface area (Å²) in [4.78, 5) is 95.1. The van der Waals surface area contributed by atoms with Crippen molar-refractivity contribution in [2.75, 3.05) is 0 Å². The lowest BCUT2D eigenvalue weighted by atomic mass is 9.53. The topological polar surface area (TPSA) is 259 Å². The van der Waals surface area contributed by atoms with Crippen LogP contribution in [0.1, 0.15) is 100 Å². The highest BCUT2D eigenvalue weighted by atomic mass is 32.3. The SMILES string of the molecule is O=C1C2CC3CC1CC(OC(=O)C(F)(F)S(=O)(=O)F)(C3)C2.O=C1C2CC3CC1CC(OC(=O)C(F)(F)S(=O)(=O)ON1C(=O)CC(c4ccccc4)C1=O)(C3)C2.O=C1CC(c2ccccc2)C(=O)N1O. The third-order valence-corrected chi connectivity index (χ3v) is 16.3. The Labute approximate surface area is 390 Å². The van der Waals surface area contributed by atoms with Gasteiger partial charge in [-0.1, -0.05) is 64.5 Å². The zero-order valence-corrected chi connectivity index (χ0v) is 37.7. The molecule has 2 aromatic rings. The van der Waals surface area contributed by atoms with E-state index in [-0.39, 0.29) is 83.9 Å². The van der Waals surface area contributed by atoms with Crippen LogP contribution in [0.5, 0.6) is 0 Å². The molecule has 6 atom stereocenters. The molecule has 0 radical (unpaired) electrons. The molecule has 4 amide bonds. The smallest absolute Gasteiger partial charge is 0.454 e. The highest BCUT2D eigenvalue weighted by molar-refractivity contribution is 7.88. The molecule has 10 fully saturated rings. The van der Waals surface area contributed by atoms with Crippen molar-refractivity contribution in [2.45, 2.75) is 111 Å². The first-order chi connectivity index (χ1) is 32.2. The van der Waals surface area contributed by atoms with Crippen LogP contribution in [0.4, 0.5) is 21.4 Å². The lowest BCUT2D eigenvalue weighted by Gasteiger charge is -2.54. The summed E-state index contributed by atoms with van der Waals surface area (Å²) >= 11 is 0. The van der Waals surface area contributed by atoms with Crippen molar-refractivity contribution in [3.63, 3.8) is 0 Å². The first-order valence-corrected chi connectivity index (χ1v) is 24.7. The Hall–Kier alpha value is -5.53. The molecule has 2 aliphatic heterocycles. The van der Waals surface area contributed by atoms with Crippen molar-refractivity contribution >= 4 is 67.5 Å². The van der Waals surface area contributed by atoms with Gasteiger partial charge in [0, 0.05) is 36.5 Å². The summed E-state index contributed by atoms with van der Waals surface area (Å²) in [5.41, 5.74) is -1.44. The van der Waals surface area contributed by atoms with Gasteiger partial charge < -0.3 is 9.47 Å². The second kappa shape index (κ2) is 17.7. The number of benzene rings is 2. The standard InChI is InChI=1S/C22H21F2NO8S.C12H13F3O5S.C10H9NO3/c23-22(24,20(29)32-21-9-12-6-14(10-21)18(27)15(7-12)11-21)34(30,31)33-25-17(26)8-16(19(25)28)13-4-2-1-3-5-13;13-12(14,21(15,18)19)10(17)20-11-3-6-1-7(4-11)9(16)8(2-6)5-11;12-9-6-8(10(13)11(9)14)7-4-2-1-3-5-7/h1-5,12,14-16H,6-11H2;6-8H,1-5H2;1-5,8,14H,6H2. The number of halogens is 5. The lowest BCUT2D eigenvalue weighted by Crippen LogP contribution is -2.58. The number of imide groups is 2. The molecule has 2 saturated heterocycles. The fourth-order valence-electron chi connectivity index (χ4n) is 11.7. The van der Waals surface area contributed by atoms with Gasteiger partial charge in [-0.2, -0.15) is 39.5 Å². The number of esters is 2. The predicted octanol–water partition coefficient (Wildman–Crippen LogP) is 4.56. The third kappa shape index (κ3) is 9.21. The Kier molecular flexibility index (Phi) is 12.8. The Bertz CT molecular complexity index is 2690. The highest BCUT2D eigenvalue weighted by Crippen LogP contribution is 2.57. The van der Waals surface area contributed by atoms with E-state index in [2.05, 4.69) is 4.28 Å². The molecular formula is C44H43F5N2O16S2. The van der Waals surface area contributed by atoms with Gasteiger partial charge in [0.15, 0.2) is 0 Å². The normalized spacial score (nSPS) is 32.4. The maximum atomic E-state index is 14.8. The summed E-state index contributed by atoms with van der Waals surface area (Å²) in [7, 11) is -12.5. The van der Waals surface area contributed by atoms with Crippen molar-refractivity contribution in [3.05, 3.63) is 71.8 Å². The van der Waals surface area contributed by atoms with Gasteiger partial charge in [0.25, 0.3) is 23.6 Å². The maximum absolute atomic E-state index is 14.8. The van der Waals surface area contributed by atoms with Gasteiger partial charge in [0.2, 0.25) is 0 Å². The number of carbonyl (C=O) groups is 8. The van der Waals surface area contributed by atoms with Crippen LogP contribution in [0.2, 0.25) is 0 Å².